The average Bonchev–Trinajstić information content (AvgIpc) is 2.59. The van der Waals surface area contributed by atoms with Gasteiger partial charge in [-0.15, -0.1) is 24.0 Å². The molecule has 0 saturated carbocycles. The molecule has 1 rings (SSSR count). The Labute approximate surface area is 170 Å². The lowest BCUT2D eigenvalue weighted by atomic mass is 10.1. The molecule has 0 spiro atoms. The van der Waals surface area contributed by atoms with Crippen LogP contribution in [0.4, 0.5) is 0 Å². The Morgan fingerprint density at radius 3 is 2.36 bits per heavy atom. The van der Waals surface area contributed by atoms with Gasteiger partial charge in [-0.3, -0.25) is 4.99 Å². The van der Waals surface area contributed by atoms with Gasteiger partial charge < -0.3 is 20.3 Å². The number of hydrogen-bond acceptors (Lipinski definition) is 3. The lowest BCUT2D eigenvalue weighted by Crippen LogP contribution is -2.41. The normalized spacial score (nSPS) is 12.7. The Morgan fingerprint density at radius 2 is 1.84 bits per heavy atom. The second kappa shape index (κ2) is 13.2. The highest BCUT2D eigenvalue weighted by Gasteiger charge is 2.08. The number of ether oxygens (including phenoxy) is 1. The van der Waals surface area contributed by atoms with E-state index in [0.717, 1.165) is 38.0 Å². The molecule has 0 bridgehead atoms. The van der Waals surface area contributed by atoms with Gasteiger partial charge in [-0.1, -0.05) is 32.9 Å². The summed E-state index contributed by atoms with van der Waals surface area (Å²) in [5.74, 6) is 2.28. The highest BCUT2D eigenvalue weighted by molar-refractivity contribution is 14.0. The third-order valence-corrected chi connectivity index (χ3v) is 3.87. The number of halogens is 1. The van der Waals surface area contributed by atoms with E-state index in [0.29, 0.717) is 5.92 Å². The number of rotatable bonds is 9. The highest BCUT2D eigenvalue weighted by Crippen LogP contribution is 2.18. The predicted molar refractivity (Wildman–Crippen MR) is 118 cm³/mol. The molecule has 0 aliphatic heterocycles. The lowest BCUT2D eigenvalue weighted by molar-refractivity contribution is 0.271. The van der Waals surface area contributed by atoms with Crippen LogP contribution in [0.5, 0.6) is 5.75 Å². The molecule has 0 aliphatic carbocycles. The van der Waals surface area contributed by atoms with Crippen LogP contribution in [0.25, 0.3) is 0 Å². The monoisotopic (exact) mass is 462 g/mol. The van der Waals surface area contributed by atoms with Crippen molar-refractivity contribution in [3.8, 4) is 5.75 Å². The van der Waals surface area contributed by atoms with Crippen LogP contribution in [-0.2, 0) is 0 Å². The zero-order valence-electron chi connectivity index (χ0n) is 16.5. The van der Waals surface area contributed by atoms with Crippen LogP contribution >= 0.6 is 24.0 Å². The van der Waals surface area contributed by atoms with Gasteiger partial charge in [0.15, 0.2) is 5.96 Å². The summed E-state index contributed by atoms with van der Waals surface area (Å²) in [5.41, 5.74) is 1.21. The molecule has 1 aromatic carbocycles. The van der Waals surface area contributed by atoms with E-state index in [2.05, 4.69) is 67.4 Å². The Balaban J connectivity index is 0.00000576. The van der Waals surface area contributed by atoms with Crippen LogP contribution in [-0.4, -0.2) is 51.2 Å². The van der Waals surface area contributed by atoms with Gasteiger partial charge in [0.25, 0.3) is 0 Å². The third kappa shape index (κ3) is 9.89. The van der Waals surface area contributed by atoms with E-state index >= 15 is 0 Å². The van der Waals surface area contributed by atoms with Crippen molar-refractivity contribution in [3.05, 3.63) is 29.8 Å². The summed E-state index contributed by atoms with van der Waals surface area (Å²) in [4.78, 5) is 6.56. The van der Waals surface area contributed by atoms with E-state index in [-0.39, 0.29) is 30.0 Å². The molecule has 144 valence electrons. The SMILES string of the molecule is CCN(C)CCNC(=NC)NC(C)c1ccc(OCC(C)C)cc1.I. The molecule has 0 aliphatic rings. The Hall–Kier alpha value is -1.02. The fourth-order valence-electron chi connectivity index (χ4n) is 2.12. The van der Waals surface area contributed by atoms with Crippen molar-refractivity contribution in [2.45, 2.75) is 33.7 Å². The summed E-state index contributed by atoms with van der Waals surface area (Å²) in [6, 6.07) is 8.45. The van der Waals surface area contributed by atoms with Gasteiger partial charge in [-0.2, -0.15) is 0 Å². The van der Waals surface area contributed by atoms with Gasteiger partial charge in [0.2, 0.25) is 0 Å². The van der Waals surface area contributed by atoms with Crippen molar-refractivity contribution in [2.75, 3.05) is 40.3 Å². The molecule has 1 atom stereocenters. The summed E-state index contributed by atoms with van der Waals surface area (Å²) in [7, 11) is 3.91. The van der Waals surface area contributed by atoms with Crippen LogP contribution in [0.1, 0.15) is 39.3 Å². The molecule has 0 fully saturated rings. The van der Waals surface area contributed by atoms with Gasteiger partial charge in [0, 0.05) is 20.1 Å². The molecule has 0 radical (unpaired) electrons. The first-order chi connectivity index (χ1) is 11.5. The zero-order valence-corrected chi connectivity index (χ0v) is 18.8. The highest BCUT2D eigenvalue weighted by atomic mass is 127. The maximum Gasteiger partial charge on any atom is 0.191 e. The molecular weight excluding hydrogens is 427 g/mol. The van der Waals surface area contributed by atoms with Gasteiger partial charge >= 0.3 is 0 Å². The van der Waals surface area contributed by atoms with Crippen molar-refractivity contribution < 1.29 is 4.74 Å². The molecule has 0 aromatic heterocycles. The first-order valence-electron chi connectivity index (χ1n) is 8.84. The smallest absolute Gasteiger partial charge is 0.191 e. The third-order valence-electron chi connectivity index (χ3n) is 3.87. The van der Waals surface area contributed by atoms with Crippen LogP contribution in [0.3, 0.4) is 0 Å². The van der Waals surface area contributed by atoms with Crippen molar-refractivity contribution in [1.82, 2.24) is 15.5 Å². The number of hydrogen-bond donors (Lipinski definition) is 2. The van der Waals surface area contributed by atoms with E-state index < -0.39 is 0 Å². The summed E-state index contributed by atoms with van der Waals surface area (Å²) in [6.07, 6.45) is 0. The van der Waals surface area contributed by atoms with Crippen LogP contribution in [0, 0.1) is 5.92 Å². The molecule has 1 aromatic rings. The molecule has 1 unspecified atom stereocenters. The molecule has 0 heterocycles. The minimum absolute atomic E-state index is 0. The van der Waals surface area contributed by atoms with Gasteiger partial charge in [0.1, 0.15) is 5.75 Å². The number of guanidine groups is 1. The topological polar surface area (TPSA) is 48.9 Å². The number of aliphatic imine (C=N–C) groups is 1. The lowest BCUT2D eigenvalue weighted by Gasteiger charge is -2.20. The van der Waals surface area contributed by atoms with Crippen molar-refractivity contribution in [3.63, 3.8) is 0 Å². The molecule has 25 heavy (non-hydrogen) atoms. The van der Waals surface area contributed by atoms with E-state index in [4.69, 9.17) is 4.74 Å². The molecular formula is C19H35IN4O. The van der Waals surface area contributed by atoms with Crippen molar-refractivity contribution >= 4 is 29.9 Å². The summed E-state index contributed by atoms with van der Waals surface area (Å²) >= 11 is 0. The van der Waals surface area contributed by atoms with E-state index in [9.17, 15) is 0 Å². The number of nitrogens with zero attached hydrogens (tertiary/aromatic N) is 2. The standard InChI is InChI=1S/C19H34N4O.HI/c1-7-23(6)13-12-21-19(20-5)22-16(4)17-8-10-18(11-9-17)24-14-15(2)3;/h8-11,15-16H,7,12-14H2,1-6H3,(H2,20,21,22);1H. The second-order valence-corrected chi connectivity index (χ2v) is 6.53. The van der Waals surface area contributed by atoms with Gasteiger partial charge in [-0.05, 0) is 44.1 Å². The Morgan fingerprint density at radius 1 is 1.20 bits per heavy atom. The average molecular weight is 462 g/mol. The summed E-state index contributed by atoms with van der Waals surface area (Å²) in [5, 5.41) is 6.78. The number of benzene rings is 1. The molecule has 0 amide bonds. The van der Waals surface area contributed by atoms with Crippen LogP contribution in [0.15, 0.2) is 29.3 Å². The van der Waals surface area contributed by atoms with E-state index in [1.807, 2.05) is 12.1 Å². The Kier molecular flexibility index (Phi) is 12.7. The minimum Gasteiger partial charge on any atom is -0.493 e. The van der Waals surface area contributed by atoms with Gasteiger partial charge in [0.05, 0.1) is 12.6 Å². The van der Waals surface area contributed by atoms with Crippen molar-refractivity contribution in [1.29, 1.82) is 0 Å². The fourth-order valence-corrected chi connectivity index (χ4v) is 2.12. The predicted octanol–water partition coefficient (Wildman–Crippen LogP) is 3.52. The zero-order chi connectivity index (χ0) is 17.9. The first kappa shape index (κ1) is 24.0. The molecule has 2 N–H and O–H groups in total. The van der Waals surface area contributed by atoms with Crippen LogP contribution in [0.2, 0.25) is 0 Å². The number of nitrogens with one attached hydrogen (secondary N) is 2. The molecule has 6 heteroatoms. The Bertz CT molecular complexity index is 491. The summed E-state index contributed by atoms with van der Waals surface area (Å²) in [6.45, 7) is 12.3. The maximum atomic E-state index is 5.73. The second-order valence-electron chi connectivity index (χ2n) is 6.53. The quantitative estimate of drug-likeness (QED) is 0.335. The molecule has 5 nitrogen and oxygen atoms in total. The van der Waals surface area contributed by atoms with E-state index in [1.54, 1.807) is 7.05 Å². The maximum absolute atomic E-state index is 5.73. The van der Waals surface area contributed by atoms with E-state index in [1.165, 1.54) is 5.56 Å². The number of likely N-dealkylation sites (N-methyl/N-ethyl adjacent to an activating group) is 1. The summed E-state index contributed by atoms with van der Waals surface area (Å²) < 4.78 is 5.73. The minimum atomic E-state index is 0. The molecule has 0 saturated heterocycles. The first-order valence-corrected chi connectivity index (χ1v) is 8.84. The van der Waals surface area contributed by atoms with Gasteiger partial charge in [-0.25, -0.2) is 0 Å². The largest absolute Gasteiger partial charge is 0.493 e. The van der Waals surface area contributed by atoms with Crippen molar-refractivity contribution in [2.24, 2.45) is 10.9 Å². The van der Waals surface area contributed by atoms with Crippen LogP contribution < -0.4 is 15.4 Å². The fraction of sp³-hybridized carbons (Fsp3) is 0.632.